The van der Waals surface area contributed by atoms with Gasteiger partial charge in [0.25, 0.3) is 5.91 Å². The van der Waals surface area contributed by atoms with Crippen LogP contribution in [0.25, 0.3) is 5.82 Å². The molecule has 7 nitrogen and oxygen atoms in total. The predicted molar refractivity (Wildman–Crippen MR) is 107 cm³/mol. The molecule has 2 aromatic heterocycles. The number of hydrogen-bond acceptors (Lipinski definition) is 5. The summed E-state index contributed by atoms with van der Waals surface area (Å²) in [7, 11) is 0. The molecule has 7 heteroatoms. The van der Waals surface area contributed by atoms with Crippen LogP contribution in [0.3, 0.4) is 0 Å². The van der Waals surface area contributed by atoms with E-state index in [0.717, 1.165) is 0 Å². The molecule has 4 rings (SSSR count). The molecule has 0 saturated carbocycles. The Hall–Kier alpha value is -4.44. The maximum atomic E-state index is 12.3. The molecule has 4 aromatic rings. The highest BCUT2D eigenvalue weighted by atomic mass is 16.5. The number of aromatic nitrogens is 3. The fraction of sp³-hybridized carbons (Fsp3) is 0. The zero-order valence-corrected chi connectivity index (χ0v) is 15.2. The second-order valence-corrected chi connectivity index (χ2v) is 6.09. The number of benzene rings is 2. The minimum Gasteiger partial charge on any atom is -0.438 e. The Kier molecular flexibility index (Phi) is 4.99. The largest absolute Gasteiger partial charge is 0.438 e. The molecule has 0 atom stereocenters. The summed E-state index contributed by atoms with van der Waals surface area (Å²) in [5, 5.41) is 19.9. The molecule has 0 radical (unpaired) electrons. The molecule has 0 saturated heterocycles. The number of carbonyl (C=O) groups excluding carboxylic acids is 1. The lowest BCUT2D eigenvalue weighted by atomic mass is 10.1. The quantitative estimate of drug-likeness (QED) is 0.560. The molecule has 0 bridgehead atoms. The van der Waals surface area contributed by atoms with Crippen LogP contribution in [-0.2, 0) is 0 Å². The van der Waals surface area contributed by atoms with Crippen molar-refractivity contribution in [1.29, 1.82) is 5.26 Å². The Morgan fingerprint density at radius 3 is 2.45 bits per heavy atom. The Morgan fingerprint density at radius 2 is 1.76 bits per heavy atom. The average molecular weight is 381 g/mol. The molecule has 1 N–H and O–H groups in total. The van der Waals surface area contributed by atoms with Crippen molar-refractivity contribution in [2.24, 2.45) is 0 Å². The van der Waals surface area contributed by atoms with Gasteiger partial charge in [0, 0.05) is 29.7 Å². The summed E-state index contributed by atoms with van der Waals surface area (Å²) in [5.74, 6) is 1.34. The third-order valence-electron chi connectivity index (χ3n) is 4.08. The van der Waals surface area contributed by atoms with Crippen LogP contribution >= 0.6 is 0 Å². The number of amides is 1. The van der Waals surface area contributed by atoms with E-state index in [9.17, 15) is 4.79 Å². The van der Waals surface area contributed by atoms with Crippen LogP contribution in [0, 0.1) is 11.3 Å². The number of hydrogen-bond donors (Lipinski definition) is 1. The molecule has 0 aliphatic rings. The van der Waals surface area contributed by atoms with Crippen LogP contribution in [0.4, 0.5) is 5.69 Å². The molecule has 140 valence electrons. The van der Waals surface area contributed by atoms with Crippen molar-refractivity contribution in [3.8, 4) is 23.5 Å². The van der Waals surface area contributed by atoms with Gasteiger partial charge in [-0.25, -0.2) is 0 Å². The normalized spacial score (nSPS) is 10.2. The van der Waals surface area contributed by atoms with Gasteiger partial charge >= 0.3 is 0 Å². The SMILES string of the molecule is N#Cc1cccc(C(=O)Nc2ccc(Oc3ccc(-n4cccc4)nn3)cc2)c1. The lowest BCUT2D eigenvalue weighted by Crippen LogP contribution is -2.11. The Morgan fingerprint density at radius 1 is 0.966 bits per heavy atom. The van der Waals surface area contributed by atoms with Gasteiger partial charge in [0.15, 0.2) is 5.82 Å². The van der Waals surface area contributed by atoms with Crippen molar-refractivity contribution in [3.05, 3.63) is 96.3 Å². The first-order valence-corrected chi connectivity index (χ1v) is 8.78. The van der Waals surface area contributed by atoms with E-state index in [-0.39, 0.29) is 5.91 Å². The zero-order valence-electron chi connectivity index (χ0n) is 15.2. The van der Waals surface area contributed by atoms with Gasteiger partial charge in [-0.2, -0.15) is 5.26 Å². The summed E-state index contributed by atoms with van der Waals surface area (Å²) >= 11 is 0. The van der Waals surface area contributed by atoms with Crippen molar-refractivity contribution in [2.45, 2.75) is 0 Å². The van der Waals surface area contributed by atoms with E-state index in [1.807, 2.05) is 41.2 Å². The van der Waals surface area contributed by atoms with E-state index in [1.54, 1.807) is 54.6 Å². The number of rotatable bonds is 5. The Bertz CT molecular complexity index is 1160. The first-order valence-electron chi connectivity index (χ1n) is 8.78. The molecule has 1 amide bonds. The number of nitrogens with one attached hydrogen (secondary N) is 1. The van der Waals surface area contributed by atoms with Crippen molar-refractivity contribution >= 4 is 11.6 Å². The van der Waals surface area contributed by atoms with Crippen LogP contribution in [0.2, 0.25) is 0 Å². The van der Waals surface area contributed by atoms with E-state index in [1.165, 1.54) is 0 Å². The van der Waals surface area contributed by atoms with Gasteiger partial charge in [-0.15, -0.1) is 10.2 Å². The molecule has 29 heavy (non-hydrogen) atoms. The van der Waals surface area contributed by atoms with Crippen LogP contribution in [-0.4, -0.2) is 20.7 Å². The van der Waals surface area contributed by atoms with Gasteiger partial charge in [-0.05, 0) is 60.7 Å². The number of nitrogens with zero attached hydrogens (tertiary/aromatic N) is 4. The standard InChI is InChI=1S/C22H15N5O2/c23-15-16-4-3-5-17(14-16)22(28)24-18-6-8-19(9-7-18)29-21-11-10-20(25-26-21)27-12-1-2-13-27/h1-14H,(H,24,28). The van der Waals surface area contributed by atoms with Crippen molar-refractivity contribution in [2.75, 3.05) is 5.32 Å². The van der Waals surface area contributed by atoms with E-state index in [0.29, 0.717) is 34.3 Å². The average Bonchev–Trinajstić information content (AvgIpc) is 3.31. The highest BCUT2D eigenvalue weighted by molar-refractivity contribution is 6.04. The van der Waals surface area contributed by atoms with Crippen LogP contribution in [0.5, 0.6) is 11.6 Å². The Balaban J connectivity index is 1.40. The Labute approximate surface area is 166 Å². The summed E-state index contributed by atoms with van der Waals surface area (Å²) < 4.78 is 7.54. The van der Waals surface area contributed by atoms with Crippen molar-refractivity contribution in [3.63, 3.8) is 0 Å². The zero-order chi connectivity index (χ0) is 20.1. The van der Waals surface area contributed by atoms with Gasteiger partial charge in [-0.3, -0.25) is 4.79 Å². The third-order valence-corrected chi connectivity index (χ3v) is 4.08. The summed E-state index contributed by atoms with van der Waals surface area (Å²) in [6.45, 7) is 0. The molecule has 0 aliphatic carbocycles. The summed E-state index contributed by atoms with van der Waals surface area (Å²) in [6, 6.07) is 22.8. The molecule has 2 heterocycles. The maximum Gasteiger partial charge on any atom is 0.255 e. The van der Waals surface area contributed by atoms with Gasteiger partial charge < -0.3 is 14.6 Å². The molecule has 0 spiro atoms. The van der Waals surface area contributed by atoms with E-state index in [2.05, 4.69) is 15.5 Å². The topological polar surface area (TPSA) is 92.8 Å². The summed E-state index contributed by atoms with van der Waals surface area (Å²) in [4.78, 5) is 12.3. The summed E-state index contributed by atoms with van der Waals surface area (Å²) in [6.07, 6.45) is 3.77. The van der Waals surface area contributed by atoms with Crippen LogP contribution < -0.4 is 10.1 Å². The number of ether oxygens (including phenoxy) is 1. The summed E-state index contributed by atoms with van der Waals surface area (Å²) in [5.41, 5.74) is 1.46. The highest BCUT2D eigenvalue weighted by Gasteiger charge is 2.08. The molecule has 2 aromatic carbocycles. The third kappa shape index (κ3) is 4.28. The molecule has 0 fully saturated rings. The second kappa shape index (κ2) is 8.06. The number of anilines is 1. The van der Waals surface area contributed by atoms with Gasteiger partial charge in [0.05, 0.1) is 11.6 Å². The van der Waals surface area contributed by atoms with Gasteiger partial charge in [-0.1, -0.05) is 6.07 Å². The minimum atomic E-state index is -0.290. The van der Waals surface area contributed by atoms with E-state index in [4.69, 9.17) is 10.00 Å². The molecule has 0 aliphatic heterocycles. The lowest BCUT2D eigenvalue weighted by Gasteiger charge is -2.08. The van der Waals surface area contributed by atoms with Crippen molar-refractivity contribution in [1.82, 2.24) is 14.8 Å². The maximum absolute atomic E-state index is 12.3. The minimum absolute atomic E-state index is 0.290. The number of nitriles is 1. The first kappa shape index (κ1) is 17.9. The first-order chi connectivity index (χ1) is 14.2. The fourth-order valence-electron chi connectivity index (χ4n) is 2.65. The van der Waals surface area contributed by atoms with E-state index < -0.39 is 0 Å². The van der Waals surface area contributed by atoms with Crippen molar-refractivity contribution < 1.29 is 9.53 Å². The smallest absolute Gasteiger partial charge is 0.255 e. The monoisotopic (exact) mass is 381 g/mol. The van der Waals surface area contributed by atoms with Gasteiger partial charge in [0.1, 0.15) is 5.75 Å². The predicted octanol–water partition coefficient (Wildman–Crippen LogP) is 4.18. The molecular weight excluding hydrogens is 366 g/mol. The fourth-order valence-corrected chi connectivity index (χ4v) is 2.65. The van der Waals surface area contributed by atoms with Crippen LogP contribution in [0.1, 0.15) is 15.9 Å². The molecular formula is C22H15N5O2. The van der Waals surface area contributed by atoms with Crippen LogP contribution in [0.15, 0.2) is 85.2 Å². The highest BCUT2D eigenvalue weighted by Crippen LogP contribution is 2.22. The lowest BCUT2D eigenvalue weighted by molar-refractivity contribution is 0.102. The number of carbonyl (C=O) groups is 1. The molecule has 0 unspecified atom stereocenters. The van der Waals surface area contributed by atoms with Gasteiger partial charge in [0.2, 0.25) is 5.88 Å². The second-order valence-electron chi connectivity index (χ2n) is 6.09. The van der Waals surface area contributed by atoms with E-state index >= 15 is 0 Å².